The lowest BCUT2D eigenvalue weighted by atomic mass is 9.70. The van der Waals surface area contributed by atoms with Crippen LogP contribution in [0.3, 0.4) is 0 Å². The number of ether oxygens (including phenoxy) is 1. The van der Waals surface area contributed by atoms with Gasteiger partial charge in [-0.05, 0) is 48.9 Å². The Hall–Kier alpha value is -5.28. The number of hydrogen-bond acceptors (Lipinski definition) is 12. The number of quaternary nitrogens is 1. The summed E-state index contributed by atoms with van der Waals surface area (Å²) in [5.41, 5.74) is -0.633. The molecule has 6 rings (SSSR count). The monoisotopic (exact) mass is 654 g/mol. The van der Waals surface area contributed by atoms with Crippen molar-refractivity contribution in [3.63, 3.8) is 0 Å². The van der Waals surface area contributed by atoms with E-state index >= 15 is 4.79 Å². The van der Waals surface area contributed by atoms with E-state index in [1.165, 1.54) is 23.2 Å². The Balaban J connectivity index is 1.77. The lowest BCUT2D eigenvalue weighted by molar-refractivity contribution is -0.693. The van der Waals surface area contributed by atoms with Crippen molar-refractivity contribution in [3.8, 4) is 17.9 Å². The number of nitrogens with zero attached hydrogens (tertiary/aromatic N) is 5. The number of thiazole rings is 1. The molecule has 3 heterocycles. The number of carboxylic acid groups (broad SMARTS) is 1. The number of amides is 2. The fourth-order valence-corrected chi connectivity index (χ4v) is 9.04. The largest absolute Gasteiger partial charge is 0.497 e. The van der Waals surface area contributed by atoms with E-state index in [9.17, 15) is 28.8 Å². The van der Waals surface area contributed by atoms with Gasteiger partial charge in [-0.3, -0.25) is 0 Å². The number of carbonyl (C=O) groups excluding carboxylic acids is 2. The maximum absolute atomic E-state index is 15.7. The Labute approximate surface area is 269 Å². The molecule has 46 heavy (non-hydrogen) atoms. The molecule has 0 radical (unpaired) electrons. The number of piperazine rings is 1. The van der Waals surface area contributed by atoms with Gasteiger partial charge >= 0.3 is 15.9 Å². The highest BCUT2D eigenvalue weighted by Crippen LogP contribution is 2.56. The van der Waals surface area contributed by atoms with Crippen molar-refractivity contribution in [1.29, 1.82) is 10.5 Å². The third-order valence-electron chi connectivity index (χ3n) is 8.47. The van der Waals surface area contributed by atoms with Crippen molar-refractivity contribution in [3.05, 3.63) is 101 Å². The number of carbonyl (C=O) groups is 2. The number of nitriles is 2. The van der Waals surface area contributed by atoms with E-state index in [0.29, 0.717) is 11.3 Å². The summed E-state index contributed by atoms with van der Waals surface area (Å²) in [5, 5.41) is 38.7. The van der Waals surface area contributed by atoms with Crippen LogP contribution in [0.2, 0.25) is 0 Å². The van der Waals surface area contributed by atoms with Crippen LogP contribution in [0.5, 0.6) is 5.75 Å². The first kappa shape index (κ1) is 30.7. The molecule has 1 N–H and O–H groups in total. The van der Waals surface area contributed by atoms with Gasteiger partial charge in [0.1, 0.15) is 17.2 Å². The van der Waals surface area contributed by atoms with Crippen LogP contribution >= 0.6 is 11.3 Å². The second kappa shape index (κ2) is 11.6. The van der Waals surface area contributed by atoms with E-state index in [4.69, 9.17) is 4.74 Å². The summed E-state index contributed by atoms with van der Waals surface area (Å²) in [6, 6.07) is 20.7. The molecule has 4 aromatic rings. The highest BCUT2D eigenvalue weighted by atomic mass is 32.2. The minimum absolute atomic E-state index is 0.0789. The Morgan fingerprint density at radius 3 is 2.52 bits per heavy atom. The number of benzene rings is 3. The number of aromatic nitrogens is 1. The predicted molar refractivity (Wildman–Crippen MR) is 165 cm³/mol. The molecule has 0 aliphatic carbocycles. The summed E-state index contributed by atoms with van der Waals surface area (Å²) in [6.45, 7) is 0.991. The summed E-state index contributed by atoms with van der Waals surface area (Å²) >= 11 is 1.12. The Bertz CT molecular complexity index is 2020. The van der Waals surface area contributed by atoms with Crippen molar-refractivity contribution in [2.24, 2.45) is 0 Å². The van der Waals surface area contributed by atoms with Gasteiger partial charge in [-0.15, -0.1) is 11.3 Å². The van der Waals surface area contributed by atoms with E-state index in [1.54, 1.807) is 60.8 Å². The second-order valence-corrected chi connectivity index (χ2v) is 13.6. The zero-order chi connectivity index (χ0) is 32.7. The molecule has 0 spiro atoms. The molecule has 2 amide bonds. The maximum Gasteiger partial charge on any atom is 0.366 e. The minimum Gasteiger partial charge on any atom is -0.497 e. The average molecular weight is 655 g/mol. The van der Waals surface area contributed by atoms with Crippen LogP contribution in [0.4, 0.5) is 15.6 Å². The predicted octanol–water partition coefficient (Wildman–Crippen LogP) is 3.31. The van der Waals surface area contributed by atoms with Crippen molar-refractivity contribution in [2.45, 2.75) is 29.3 Å². The van der Waals surface area contributed by atoms with Crippen LogP contribution in [-0.2, 0) is 20.4 Å². The fourth-order valence-electron chi connectivity index (χ4n) is 6.56. The molecular weight excluding hydrogens is 629 g/mol. The normalized spacial score (nSPS) is 23.9. The zero-order valence-corrected chi connectivity index (χ0v) is 26.0. The fraction of sp³-hybridized carbons (Fsp3) is 0.219. The third kappa shape index (κ3) is 4.26. The lowest BCUT2D eigenvalue weighted by Crippen LogP contribution is -2.81. The van der Waals surface area contributed by atoms with Crippen molar-refractivity contribution < 1.29 is 31.7 Å². The zero-order valence-electron chi connectivity index (χ0n) is 24.4. The van der Waals surface area contributed by atoms with Crippen LogP contribution in [-0.4, -0.2) is 55.0 Å². The molecule has 1 aromatic heterocycles. The van der Waals surface area contributed by atoms with E-state index < -0.39 is 54.9 Å². The number of fused-ring (bicyclic) bond motifs is 1. The number of rotatable bonds is 7. The van der Waals surface area contributed by atoms with Gasteiger partial charge in [-0.25, -0.2) is 9.78 Å². The standard InChI is InChI=1S/C32H26N6O6S2/c1-2-44-28-10-6-4-8-25(28)32(26-19-36-27-9-5-3-7-24(26)27)29(39)38(31(40)41,20-22(18-34)37(32)30-35-15-16-45-30)46(42,43)23-13-11-21(17-33)12-14-23/h3-16,22,26,36H,2,19-20H2,1H3. The van der Waals surface area contributed by atoms with E-state index in [2.05, 4.69) is 16.4 Å². The minimum atomic E-state index is -5.18. The third-order valence-corrected chi connectivity index (χ3v) is 11.4. The molecule has 2 aliphatic rings. The highest BCUT2D eigenvalue weighted by Gasteiger charge is 2.73. The number of sulfonamides is 1. The highest BCUT2D eigenvalue weighted by molar-refractivity contribution is 7.86. The number of imide groups is 1. The van der Waals surface area contributed by atoms with Crippen LogP contribution < -0.4 is 20.1 Å². The number of para-hydroxylation sites is 2. The second-order valence-electron chi connectivity index (χ2n) is 10.7. The Kier molecular flexibility index (Phi) is 7.73. The molecular formula is C32H26N6O6S2. The van der Waals surface area contributed by atoms with Crippen molar-refractivity contribution in [1.82, 2.24) is 4.98 Å². The van der Waals surface area contributed by atoms with Crippen LogP contribution in [0.1, 0.15) is 29.5 Å². The van der Waals surface area contributed by atoms with Gasteiger partial charge in [0.2, 0.25) is 0 Å². The summed E-state index contributed by atoms with van der Waals surface area (Å²) in [4.78, 5) is 34.6. The first-order valence-electron chi connectivity index (χ1n) is 14.2. The van der Waals surface area contributed by atoms with Crippen molar-refractivity contribution in [2.75, 3.05) is 29.9 Å². The SMILES string of the molecule is CCOc1ccccc1C1(C2CNc3ccccc32)C(=O)[N+](C(=O)[O-])(S(=O)(=O)c2ccc(C#N)cc2)CC(C#N)N1c1nccs1. The molecule has 1 saturated heterocycles. The number of hydrogen-bond donors (Lipinski definition) is 1. The van der Waals surface area contributed by atoms with E-state index in [1.807, 2.05) is 6.07 Å². The molecule has 14 heteroatoms. The molecule has 232 valence electrons. The van der Waals surface area contributed by atoms with Gasteiger partial charge in [0.05, 0.1) is 24.3 Å². The molecule has 0 saturated carbocycles. The molecule has 0 bridgehead atoms. The van der Waals surface area contributed by atoms with Gasteiger partial charge < -0.3 is 24.9 Å². The molecule has 4 atom stereocenters. The molecule has 12 nitrogen and oxygen atoms in total. The van der Waals surface area contributed by atoms with E-state index in [-0.39, 0.29) is 35.2 Å². The quantitative estimate of drug-likeness (QED) is 0.289. The average Bonchev–Trinajstić information content (AvgIpc) is 3.76. The topological polar surface area (TPSA) is 176 Å². The van der Waals surface area contributed by atoms with Crippen LogP contribution in [0.15, 0.2) is 89.3 Å². The number of nitrogens with one attached hydrogen (secondary N) is 1. The van der Waals surface area contributed by atoms with Gasteiger partial charge in [-0.1, -0.05) is 40.3 Å². The summed E-state index contributed by atoms with van der Waals surface area (Å²) in [5.74, 6) is -2.00. The first-order valence-corrected chi connectivity index (χ1v) is 16.5. The lowest BCUT2D eigenvalue weighted by Gasteiger charge is -2.54. The number of anilines is 2. The Morgan fingerprint density at radius 1 is 1.15 bits per heavy atom. The van der Waals surface area contributed by atoms with Gasteiger partial charge in [-0.2, -0.15) is 18.9 Å². The smallest absolute Gasteiger partial charge is 0.366 e. The summed E-state index contributed by atoms with van der Waals surface area (Å²) in [7, 11) is -5.18. The molecule has 1 fully saturated rings. The van der Waals surface area contributed by atoms with E-state index in [0.717, 1.165) is 23.5 Å². The molecule has 4 unspecified atom stereocenters. The van der Waals surface area contributed by atoms with Gasteiger partial charge in [0.25, 0.3) is 6.09 Å². The van der Waals surface area contributed by atoms with Gasteiger partial charge in [0, 0.05) is 35.3 Å². The Morgan fingerprint density at radius 2 is 1.87 bits per heavy atom. The van der Waals surface area contributed by atoms with Gasteiger partial charge in [0.15, 0.2) is 16.7 Å². The van der Waals surface area contributed by atoms with Crippen LogP contribution in [0, 0.1) is 22.7 Å². The maximum atomic E-state index is 15.7. The molecule has 2 aliphatic heterocycles. The summed E-state index contributed by atoms with van der Waals surface area (Å²) in [6.07, 6.45) is -0.729. The van der Waals surface area contributed by atoms with Crippen molar-refractivity contribution >= 4 is 44.2 Å². The summed E-state index contributed by atoms with van der Waals surface area (Å²) < 4.78 is 33.1. The van der Waals surface area contributed by atoms with Crippen LogP contribution in [0.25, 0.3) is 0 Å². The first-order chi connectivity index (χ1) is 22.2. The molecule has 3 aromatic carbocycles.